The van der Waals surface area contributed by atoms with E-state index in [2.05, 4.69) is 4.72 Å². The fourth-order valence-corrected chi connectivity index (χ4v) is 3.08. The molecule has 5 nitrogen and oxygen atoms in total. The van der Waals surface area contributed by atoms with E-state index in [0.717, 1.165) is 0 Å². The number of benzene rings is 2. The van der Waals surface area contributed by atoms with Crippen LogP contribution in [0.1, 0.15) is 13.8 Å². The molecule has 6 heteroatoms. The third-order valence-electron chi connectivity index (χ3n) is 3.09. The fraction of sp³-hybridized carbons (Fsp3) is 0.294. The van der Waals surface area contributed by atoms with Gasteiger partial charge in [-0.25, -0.2) is 13.1 Å². The van der Waals surface area contributed by atoms with Crippen LogP contribution in [0.2, 0.25) is 0 Å². The van der Waals surface area contributed by atoms with Crippen LogP contribution in [0.4, 0.5) is 0 Å². The molecule has 0 aliphatic carbocycles. The molecule has 1 atom stereocenters. The molecule has 0 aliphatic rings. The summed E-state index contributed by atoms with van der Waals surface area (Å²) < 4.78 is 38.0. The molecule has 0 amide bonds. The van der Waals surface area contributed by atoms with Crippen LogP contribution in [0, 0.1) is 0 Å². The Hall–Kier alpha value is -2.05. The Bertz CT molecular complexity index is 699. The van der Waals surface area contributed by atoms with Crippen molar-refractivity contribution in [1.82, 2.24) is 4.72 Å². The summed E-state index contributed by atoms with van der Waals surface area (Å²) in [6.07, 6.45) is -0.283. The lowest BCUT2D eigenvalue weighted by atomic mass is 10.3. The molecule has 1 N–H and O–H groups in total. The highest BCUT2D eigenvalue weighted by atomic mass is 32.2. The number of hydrogen-bond donors (Lipinski definition) is 1. The highest BCUT2D eigenvalue weighted by Gasteiger charge is 2.15. The lowest BCUT2D eigenvalue weighted by molar-refractivity contribution is 0.225. The van der Waals surface area contributed by atoms with Gasteiger partial charge in [-0.1, -0.05) is 18.2 Å². The van der Waals surface area contributed by atoms with Crippen LogP contribution in [0.15, 0.2) is 59.5 Å². The van der Waals surface area contributed by atoms with Crippen molar-refractivity contribution >= 4 is 10.0 Å². The first-order chi connectivity index (χ1) is 11.0. The van der Waals surface area contributed by atoms with Gasteiger partial charge in [-0.15, -0.1) is 0 Å². The molecule has 2 aromatic carbocycles. The molecule has 0 aromatic heterocycles. The van der Waals surface area contributed by atoms with E-state index in [9.17, 15) is 8.42 Å². The minimum absolute atomic E-state index is 0.185. The van der Waals surface area contributed by atoms with E-state index in [1.165, 1.54) is 12.1 Å². The largest absolute Gasteiger partial charge is 0.494 e. The van der Waals surface area contributed by atoms with Crippen molar-refractivity contribution in [2.24, 2.45) is 0 Å². The van der Waals surface area contributed by atoms with E-state index >= 15 is 0 Å². The van der Waals surface area contributed by atoms with Gasteiger partial charge in [0.2, 0.25) is 10.0 Å². The lowest BCUT2D eigenvalue weighted by Gasteiger charge is -2.15. The maximum Gasteiger partial charge on any atom is 0.240 e. The first kappa shape index (κ1) is 17.3. The standard InChI is InChI=1S/C17H21NO4S/c1-3-21-15-9-11-17(12-10-15)23(19,20)18-13-14(2)22-16-7-5-4-6-8-16/h4-12,14,18H,3,13H2,1-2H3. The Kier molecular flexibility index (Phi) is 6.01. The van der Waals surface area contributed by atoms with Gasteiger partial charge in [0.05, 0.1) is 11.5 Å². The molecule has 0 aliphatic heterocycles. The van der Waals surface area contributed by atoms with Crippen LogP contribution < -0.4 is 14.2 Å². The normalized spacial score (nSPS) is 12.6. The van der Waals surface area contributed by atoms with E-state index in [1.807, 2.05) is 44.2 Å². The molecular weight excluding hydrogens is 314 g/mol. The Morgan fingerprint density at radius 2 is 1.65 bits per heavy atom. The van der Waals surface area contributed by atoms with E-state index in [0.29, 0.717) is 18.1 Å². The average Bonchev–Trinajstić information content (AvgIpc) is 2.55. The quantitative estimate of drug-likeness (QED) is 0.806. The minimum Gasteiger partial charge on any atom is -0.494 e. The number of para-hydroxylation sites is 1. The summed E-state index contributed by atoms with van der Waals surface area (Å²) in [5.74, 6) is 1.35. The van der Waals surface area contributed by atoms with Crippen molar-refractivity contribution in [3.63, 3.8) is 0 Å². The lowest BCUT2D eigenvalue weighted by Crippen LogP contribution is -2.33. The third kappa shape index (κ3) is 5.26. The summed E-state index contributed by atoms with van der Waals surface area (Å²) in [5.41, 5.74) is 0. The Labute approximate surface area is 137 Å². The Morgan fingerprint density at radius 3 is 2.26 bits per heavy atom. The summed E-state index contributed by atoms with van der Waals surface area (Å²) >= 11 is 0. The molecule has 0 spiro atoms. The van der Waals surface area contributed by atoms with E-state index in [-0.39, 0.29) is 17.5 Å². The maximum absolute atomic E-state index is 12.3. The van der Waals surface area contributed by atoms with Crippen LogP contribution in [-0.4, -0.2) is 27.7 Å². The zero-order chi connectivity index (χ0) is 16.7. The average molecular weight is 335 g/mol. The van der Waals surface area contributed by atoms with E-state index < -0.39 is 10.0 Å². The van der Waals surface area contributed by atoms with Gasteiger partial charge in [-0.05, 0) is 50.2 Å². The monoisotopic (exact) mass is 335 g/mol. The first-order valence-corrected chi connectivity index (χ1v) is 8.94. The zero-order valence-corrected chi connectivity index (χ0v) is 14.0. The van der Waals surface area contributed by atoms with E-state index in [1.54, 1.807) is 12.1 Å². The molecule has 124 valence electrons. The number of nitrogens with one attached hydrogen (secondary N) is 1. The van der Waals surface area contributed by atoms with Gasteiger partial charge in [0.25, 0.3) is 0 Å². The molecule has 2 aromatic rings. The molecule has 0 saturated carbocycles. The molecule has 0 saturated heterocycles. The second-order valence-corrected chi connectivity index (χ2v) is 6.76. The molecular formula is C17H21NO4S. The molecule has 0 fully saturated rings. The second kappa shape index (κ2) is 7.99. The molecule has 23 heavy (non-hydrogen) atoms. The smallest absolute Gasteiger partial charge is 0.240 e. The predicted molar refractivity (Wildman–Crippen MR) is 89.3 cm³/mol. The van der Waals surface area contributed by atoms with Crippen molar-refractivity contribution < 1.29 is 17.9 Å². The van der Waals surface area contributed by atoms with Crippen molar-refractivity contribution in [3.8, 4) is 11.5 Å². The zero-order valence-electron chi connectivity index (χ0n) is 13.2. The molecule has 2 rings (SSSR count). The number of hydrogen-bond acceptors (Lipinski definition) is 4. The van der Waals surface area contributed by atoms with Crippen molar-refractivity contribution in [1.29, 1.82) is 0 Å². The summed E-state index contributed by atoms with van der Waals surface area (Å²) in [6.45, 7) is 4.41. The summed E-state index contributed by atoms with van der Waals surface area (Å²) in [5, 5.41) is 0. The van der Waals surface area contributed by atoms with Crippen LogP contribution in [0.3, 0.4) is 0 Å². The fourth-order valence-electron chi connectivity index (χ4n) is 1.97. The van der Waals surface area contributed by atoms with Gasteiger partial charge < -0.3 is 9.47 Å². The van der Waals surface area contributed by atoms with Crippen molar-refractivity contribution in [2.45, 2.75) is 24.8 Å². The Balaban J connectivity index is 1.92. The van der Waals surface area contributed by atoms with Gasteiger partial charge in [-0.3, -0.25) is 0 Å². The molecule has 0 bridgehead atoms. The van der Waals surface area contributed by atoms with Crippen LogP contribution in [-0.2, 0) is 10.0 Å². The van der Waals surface area contributed by atoms with Crippen LogP contribution in [0.25, 0.3) is 0 Å². The molecule has 0 radical (unpaired) electrons. The maximum atomic E-state index is 12.3. The van der Waals surface area contributed by atoms with E-state index in [4.69, 9.17) is 9.47 Å². The van der Waals surface area contributed by atoms with Crippen LogP contribution in [0.5, 0.6) is 11.5 Å². The highest BCUT2D eigenvalue weighted by molar-refractivity contribution is 7.89. The summed E-state index contributed by atoms with van der Waals surface area (Å²) in [6, 6.07) is 15.6. The van der Waals surface area contributed by atoms with Crippen molar-refractivity contribution in [2.75, 3.05) is 13.2 Å². The first-order valence-electron chi connectivity index (χ1n) is 7.45. The number of ether oxygens (including phenoxy) is 2. The van der Waals surface area contributed by atoms with Gasteiger partial charge >= 0.3 is 0 Å². The highest BCUT2D eigenvalue weighted by Crippen LogP contribution is 2.16. The van der Waals surface area contributed by atoms with Gasteiger partial charge in [0.1, 0.15) is 17.6 Å². The summed E-state index contributed by atoms with van der Waals surface area (Å²) in [7, 11) is -3.56. The topological polar surface area (TPSA) is 64.6 Å². The minimum atomic E-state index is -3.56. The van der Waals surface area contributed by atoms with Gasteiger partial charge in [0, 0.05) is 6.54 Å². The summed E-state index contributed by atoms with van der Waals surface area (Å²) in [4.78, 5) is 0.202. The van der Waals surface area contributed by atoms with Gasteiger partial charge in [-0.2, -0.15) is 0 Å². The SMILES string of the molecule is CCOc1ccc(S(=O)(=O)NCC(C)Oc2ccccc2)cc1. The number of sulfonamides is 1. The molecule has 0 heterocycles. The van der Waals surface area contributed by atoms with Crippen LogP contribution >= 0.6 is 0 Å². The Morgan fingerprint density at radius 1 is 1.00 bits per heavy atom. The van der Waals surface area contributed by atoms with Gasteiger partial charge in [0.15, 0.2) is 0 Å². The number of rotatable bonds is 8. The second-order valence-electron chi connectivity index (χ2n) is 5.00. The molecule has 1 unspecified atom stereocenters. The predicted octanol–water partition coefficient (Wildman–Crippen LogP) is 2.83. The van der Waals surface area contributed by atoms with Crippen molar-refractivity contribution in [3.05, 3.63) is 54.6 Å². The third-order valence-corrected chi connectivity index (χ3v) is 4.53.